The summed E-state index contributed by atoms with van der Waals surface area (Å²) in [5.41, 5.74) is 0.430. The Hall–Kier alpha value is -1.88. The molecule has 11 heteroatoms. The van der Waals surface area contributed by atoms with Gasteiger partial charge in [-0.3, -0.25) is 9.59 Å². The fraction of sp³-hybridized carbons (Fsp3) is 0.625. The maximum absolute atomic E-state index is 12.6. The van der Waals surface area contributed by atoms with Gasteiger partial charge in [-0.05, 0) is 32.8 Å². The molecule has 1 saturated heterocycles. The van der Waals surface area contributed by atoms with Crippen molar-refractivity contribution >= 4 is 21.8 Å². The molecule has 1 aliphatic heterocycles. The van der Waals surface area contributed by atoms with Gasteiger partial charge in [0.1, 0.15) is 12.6 Å². The van der Waals surface area contributed by atoms with Crippen LogP contribution in [0.1, 0.15) is 34.6 Å². The van der Waals surface area contributed by atoms with Crippen molar-refractivity contribution in [2.24, 2.45) is 0 Å². The number of carbonyl (C=O) groups is 2. The van der Waals surface area contributed by atoms with Gasteiger partial charge in [0.2, 0.25) is 15.8 Å². The molecule has 2 heterocycles. The van der Waals surface area contributed by atoms with Crippen molar-refractivity contribution in [3.8, 4) is 0 Å². The molecule has 1 aromatic heterocycles. The molecule has 1 unspecified atom stereocenters. The molecule has 152 valence electrons. The van der Waals surface area contributed by atoms with Crippen LogP contribution in [-0.2, 0) is 26.1 Å². The van der Waals surface area contributed by atoms with E-state index in [1.165, 1.54) is 19.9 Å². The van der Waals surface area contributed by atoms with Crippen molar-refractivity contribution < 1.29 is 35.9 Å². The lowest BCUT2D eigenvalue weighted by molar-refractivity contribution is -0.146. The van der Waals surface area contributed by atoms with Gasteiger partial charge in [0.05, 0.1) is 6.26 Å². The summed E-state index contributed by atoms with van der Waals surface area (Å²) in [6.07, 6.45) is -2.66. The Labute approximate surface area is 155 Å². The summed E-state index contributed by atoms with van der Waals surface area (Å²) in [6.45, 7) is 1.15. The monoisotopic (exact) mass is 410 g/mol. The van der Waals surface area contributed by atoms with Crippen molar-refractivity contribution in [2.75, 3.05) is 19.4 Å². The van der Waals surface area contributed by atoms with Crippen LogP contribution in [0.15, 0.2) is 6.07 Å². The van der Waals surface area contributed by atoms with Gasteiger partial charge < -0.3 is 9.30 Å². The molecule has 7 nitrogen and oxygen atoms in total. The number of rotatable bonds is 6. The summed E-state index contributed by atoms with van der Waals surface area (Å²) >= 11 is 0. The summed E-state index contributed by atoms with van der Waals surface area (Å²) < 4.78 is 68.2. The molecule has 0 spiro atoms. The van der Waals surface area contributed by atoms with Crippen molar-refractivity contribution in [2.45, 2.75) is 45.5 Å². The van der Waals surface area contributed by atoms with Crippen LogP contribution in [0.2, 0.25) is 0 Å². The van der Waals surface area contributed by atoms with E-state index in [2.05, 4.69) is 0 Å². The van der Waals surface area contributed by atoms with Crippen molar-refractivity contribution in [1.82, 2.24) is 8.87 Å². The van der Waals surface area contributed by atoms with Gasteiger partial charge in [-0.2, -0.15) is 17.5 Å². The highest BCUT2D eigenvalue weighted by Gasteiger charge is 2.38. The lowest BCUT2D eigenvalue weighted by Crippen LogP contribution is -2.41. The van der Waals surface area contributed by atoms with Crippen molar-refractivity contribution in [1.29, 1.82) is 0 Å². The summed E-state index contributed by atoms with van der Waals surface area (Å²) in [5.74, 6) is -1.48. The average molecular weight is 410 g/mol. The van der Waals surface area contributed by atoms with Crippen LogP contribution in [0.4, 0.5) is 13.2 Å². The molecule has 0 saturated carbocycles. The number of Topliss-reactive ketones (excluding diaryl/α,β-unsaturated/α-hetero) is 1. The van der Waals surface area contributed by atoms with Crippen LogP contribution < -0.4 is 0 Å². The zero-order valence-corrected chi connectivity index (χ0v) is 16.0. The average Bonchev–Trinajstić information content (AvgIpc) is 3.11. The Morgan fingerprint density at radius 2 is 1.93 bits per heavy atom. The maximum atomic E-state index is 12.6. The highest BCUT2D eigenvalue weighted by molar-refractivity contribution is 7.88. The smallest absolute Gasteiger partial charge is 0.406 e. The normalized spacial score (nSPS) is 18.7. The van der Waals surface area contributed by atoms with Crippen LogP contribution in [-0.4, -0.2) is 60.7 Å². The van der Waals surface area contributed by atoms with E-state index in [0.717, 1.165) is 15.1 Å². The van der Waals surface area contributed by atoms with Gasteiger partial charge in [0, 0.05) is 23.5 Å². The lowest BCUT2D eigenvalue weighted by atomic mass is 10.1. The number of alkyl halides is 3. The Morgan fingerprint density at radius 1 is 1.30 bits per heavy atom. The van der Waals surface area contributed by atoms with E-state index in [4.69, 9.17) is 4.74 Å². The fourth-order valence-electron chi connectivity index (χ4n) is 3.19. The van der Waals surface area contributed by atoms with E-state index in [1.54, 1.807) is 0 Å². The second-order valence-electron chi connectivity index (χ2n) is 6.55. The van der Waals surface area contributed by atoms with Gasteiger partial charge in [0.15, 0.2) is 6.61 Å². The molecular weight excluding hydrogens is 389 g/mol. The molecule has 1 atom stereocenters. The van der Waals surface area contributed by atoms with Crippen molar-refractivity contribution in [3.05, 3.63) is 23.0 Å². The molecule has 27 heavy (non-hydrogen) atoms. The Balaban J connectivity index is 2.06. The van der Waals surface area contributed by atoms with Crippen molar-refractivity contribution in [3.63, 3.8) is 0 Å². The highest BCUT2D eigenvalue weighted by Crippen LogP contribution is 2.24. The molecule has 1 aliphatic rings. The number of hydrogen-bond acceptors (Lipinski definition) is 5. The number of aromatic nitrogens is 1. The maximum Gasteiger partial charge on any atom is 0.406 e. The quantitative estimate of drug-likeness (QED) is 0.528. The number of esters is 1. The minimum Gasteiger partial charge on any atom is -0.456 e. The topological polar surface area (TPSA) is 85.7 Å². The molecule has 0 radical (unpaired) electrons. The molecule has 2 rings (SSSR count). The predicted octanol–water partition coefficient (Wildman–Crippen LogP) is 1.82. The molecule has 1 fully saturated rings. The predicted molar refractivity (Wildman–Crippen MR) is 89.8 cm³/mol. The minimum atomic E-state index is -4.43. The molecule has 0 N–H and O–H groups in total. The van der Waals surface area contributed by atoms with E-state index in [-0.39, 0.29) is 23.5 Å². The SMILES string of the molecule is Cc1cc(C(=O)COC(=O)C2CCCN2S(C)(=O)=O)c(C)n1CC(F)(F)F. The molecule has 0 aliphatic carbocycles. The first kappa shape index (κ1) is 21.4. The zero-order chi connectivity index (χ0) is 20.6. The number of sulfonamides is 1. The number of halogens is 3. The molecule has 0 aromatic carbocycles. The number of hydrogen-bond donors (Lipinski definition) is 0. The Kier molecular flexibility index (Phi) is 6.05. The summed E-state index contributed by atoms with van der Waals surface area (Å²) in [6, 6.07) is 0.334. The second kappa shape index (κ2) is 7.63. The molecular formula is C16H21F3N2O5S. The largest absolute Gasteiger partial charge is 0.456 e. The van der Waals surface area contributed by atoms with E-state index in [0.29, 0.717) is 12.8 Å². The van der Waals surface area contributed by atoms with Crippen LogP contribution >= 0.6 is 0 Å². The van der Waals surface area contributed by atoms with Crippen LogP contribution in [0, 0.1) is 13.8 Å². The van der Waals surface area contributed by atoms with Crippen LogP contribution in [0.25, 0.3) is 0 Å². The van der Waals surface area contributed by atoms with E-state index >= 15 is 0 Å². The number of ether oxygens (including phenoxy) is 1. The first-order valence-corrected chi connectivity index (χ1v) is 10.1. The highest BCUT2D eigenvalue weighted by atomic mass is 32.2. The summed E-state index contributed by atoms with van der Waals surface area (Å²) in [5, 5.41) is 0. The summed E-state index contributed by atoms with van der Waals surface area (Å²) in [7, 11) is -3.58. The van der Waals surface area contributed by atoms with Gasteiger partial charge >= 0.3 is 12.1 Å². The number of ketones is 1. The number of aryl methyl sites for hydroxylation is 1. The Morgan fingerprint density at radius 3 is 2.48 bits per heavy atom. The van der Waals surface area contributed by atoms with Crippen LogP contribution in [0.3, 0.4) is 0 Å². The van der Waals surface area contributed by atoms with Crippen LogP contribution in [0.5, 0.6) is 0 Å². The van der Waals surface area contributed by atoms with Gasteiger partial charge in [-0.25, -0.2) is 8.42 Å². The molecule has 0 amide bonds. The third kappa shape index (κ3) is 5.10. The first-order chi connectivity index (χ1) is 12.3. The van der Waals surface area contributed by atoms with Gasteiger partial charge in [0.25, 0.3) is 0 Å². The Bertz CT molecular complexity index is 845. The van der Waals surface area contributed by atoms with E-state index < -0.39 is 47.1 Å². The first-order valence-electron chi connectivity index (χ1n) is 8.21. The number of nitrogens with zero attached hydrogens (tertiary/aromatic N) is 2. The second-order valence-corrected chi connectivity index (χ2v) is 8.48. The molecule has 1 aromatic rings. The fourth-order valence-corrected chi connectivity index (χ4v) is 4.30. The number of carbonyl (C=O) groups excluding carboxylic acids is 2. The van der Waals surface area contributed by atoms with E-state index in [9.17, 15) is 31.2 Å². The third-order valence-electron chi connectivity index (χ3n) is 4.46. The summed E-state index contributed by atoms with van der Waals surface area (Å²) in [4.78, 5) is 24.4. The molecule has 0 bridgehead atoms. The standard InChI is InChI=1S/C16H21F3N2O5S/c1-10-7-12(11(2)20(10)9-16(17,18)19)14(22)8-26-15(23)13-5-4-6-21(13)27(3,24)25/h7,13H,4-6,8-9H2,1-3H3. The zero-order valence-electron chi connectivity index (χ0n) is 15.2. The van der Waals surface area contributed by atoms with E-state index in [1.807, 2.05) is 0 Å². The minimum absolute atomic E-state index is 0.0379. The van der Waals surface area contributed by atoms with Gasteiger partial charge in [-0.15, -0.1) is 0 Å². The third-order valence-corrected chi connectivity index (χ3v) is 5.75. The van der Waals surface area contributed by atoms with Gasteiger partial charge in [-0.1, -0.05) is 0 Å². The lowest BCUT2D eigenvalue weighted by Gasteiger charge is -2.20.